The summed E-state index contributed by atoms with van der Waals surface area (Å²) in [5, 5.41) is 0. The van der Waals surface area contributed by atoms with Gasteiger partial charge >= 0.3 is 18.0 Å². The molecule has 0 aliphatic heterocycles. The number of alkyl halides is 7. The van der Waals surface area contributed by atoms with Crippen molar-refractivity contribution in [2.24, 2.45) is 0 Å². The van der Waals surface area contributed by atoms with Gasteiger partial charge in [-0.2, -0.15) is 30.7 Å². The minimum Gasteiger partial charge on any atom is -0.195 e. The zero-order valence-electron chi connectivity index (χ0n) is 13.0. The highest BCUT2D eigenvalue weighted by molar-refractivity contribution is 14.1. The first-order valence-electron chi connectivity index (χ1n) is 7.65. The van der Waals surface area contributed by atoms with E-state index in [0.29, 0.717) is 6.42 Å². The van der Waals surface area contributed by atoms with Crippen LogP contribution >= 0.6 is 22.6 Å². The Kier molecular flexibility index (Phi) is 10.1. The van der Waals surface area contributed by atoms with Gasteiger partial charge in [0.15, 0.2) is 0 Å². The Hall–Kier alpha value is -0.0200. The monoisotopic (exact) mass is 462 g/mol. The summed E-state index contributed by atoms with van der Waals surface area (Å²) in [4.78, 5) is 0. The first-order valence-corrected chi connectivity index (χ1v) is 8.73. The number of hydrogen-bond acceptors (Lipinski definition) is 0. The summed E-state index contributed by atoms with van der Waals surface area (Å²) < 4.78 is 87.6. The van der Waals surface area contributed by atoms with Crippen molar-refractivity contribution in [3.8, 4) is 0 Å². The molecule has 0 aromatic carbocycles. The van der Waals surface area contributed by atoms with E-state index in [0.717, 1.165) is 38.5 Å². The number of hydrogen-bond donors (Lipinski definition) is 0. The van der Waals surface area contributed by atoms with Gasteiger partial charge in [0.25, 0.3) is 0 Å². The number of halogens is 8. The molecule has 0 rings (SSSR count). The lowest BCUT2D eigenvalue weighted by molar-refractivity contribution is -0.341. The SMILES string of the molecule is CCCCCCCCCCC(I)=CC(F)(F)C(F)(F)C(F)(F)F. The van der Waals surface area contributed by atoms with Crippen molar-refractivity contribution in [1.29, 1.82) is 0 Å². The van der Waals surface area contributed by atoms with Gasteiger partial charge < -0.3 is 0 Å². The molecule has 0 heterocycles. The average Bonchev–Trinajstić information content (AvgIpc) is 2.39. The molecular formula is C15H22F7I. The quantitative estimate of drug-likeness (QED) is 0.168. The van der Waals surface area contributed by atoms with Crippen LogP contribution in [0.2, 0.25) is 0 Å². The minimum atomic E-state index is -6.28. The van der Waals surface area contributed by atoms with Crippen molar-refractivity contribution in [1.82, 2.24) is 0 Å². The molecule has 0 aliphatic rings. The van der Waals surface area contributed by atoms with Gasteiger partial charge in [0.1, 0.15) is 0 Å². The Balaban J connectivity index is 4.24. The predicted octanol–water partition coefficient (Wildman–Crippen LogP) is 7.67. The molecule has 0 fully saturated rings. The van der Waals surface area contributed by atoms with Crippen LogP contribution in [0.4, 0.5) is 30.7 Å². The molecule has 138 valence electrons. The van der Waals surface area contributed by atoms with E-state index >= 15 is 0 Å². The van der Waals surface area contributed by atoms with Crippen molar-refractivity contribution in [2.45, 2.75) is 82.7 Å². The largest absolute Gasteiger partial charge is 0.460 e. The fourth-order valence-electron chi connectivity index (χ4n) is 1.98. The second-order valence-corrected chi connectivity index (χ2v) is 6.90. The van der Waals surface area contributed by atoms with Crippen molar-refractivity contribution >= 4 is 22.6 Å². The summed E-state index contributed by atoms with van der Waals surface area (Å²) in [5.74, 6) is -11.3. The molecule has 0 saturated heterocycles. The van der Waals surface area contributed by atoms with Crippen LogP contribution in [0.3, 0.4) is 0 Å². The van der Waals surface area contributed by atoms with E-state index in [2.05, 4.69) is 6.92 Å². The van der Waals surface area contributed by atoms with Crippen LogP contribution in [0.5, 0.6) is 0 Å². The highest BCUT2D eigenvalue weighted by Gasteiger charge is 2.72. The lowest BCUT2D eigenvalue weighted by atomic mass is 10.1. The Morgan fingerprint density at radius 2 is 1.22 bits per heavy atom. The topological polar surface area (TPSA) is 0 Å². The molecule has 0 bridgehead atoms. The number of rotatable bonds is 11. The molecule has 0 radical (unpaired) electrons. The number of unbranched alkanes of at least 4 members (excludes halogenated alkanes) is 7. The third kappa shape index (κ3) is 8.07. The molecule has 0 aliphatic carbocycles. The van der Waals surface area contributed by atoms with Crippen molar-refractivity contribution < 1.29 is 30.7 Å². The third-order valence-corrected chi connectivity index (χ3v) is 4.23. The van der Waals surface area contributed by atoms with Crippen LogP contribution in [-0.4, -0.2) is 18.0 Å². The molecule has 0 aromatic heterocycles. The van der Waals surface area contributed by atoms with Gasteiger partial charge in [-0.3, -0.25) is 0 Å². The maximum atomic E-state index is 13.1. The zero-order chi connectivity index (χ0) is 18.1. The fourth-order valence-corrected chi connectivity index (χ4v) is 2.75. The van der Waals surface area contributed by atoms with E-state index in [1.165, 1.54) is 29.0 Å². The summed E-state index contributed by atoms with van der Waals surface area (Å²) in [7, 11) is 0. The van der Waals surface area contributed by atoms with Crippen LogP contribution in [-0.2, 0) is 0 Å². The summed E-state index contributed by atoms with van der Waals surface area (Å²) in [6, 6.07) is 0. The fraction of sp³-hybridized carbons (Fsp3) is 0.867. The molecule has 23 heavy (non-hydrogen) atoms. The maximum Gasteiger partial charge on any atom is 0.460 e. The van der Waals surface area contributed by atoms with Gasteiger partial charge in [0.2, 0.25) is 0 Å². The number of allylic oxidation sites excluding steroid dienone is 2. The van der Waals surface area contributed by atoms with E-state index in [-0.39, 0.29) is 16.1 Å². The van der Waals surface area contributed by atoms with Crippen molar-refractivity contribution in [3.05, 3.63) is 9.66 Å². The standard InChI is InChI=1S/C15H22F7I/c1-2-3-4-5-6-7-8-9-10-12(23)11-13(16,17)14(18,19)15(20,21)22/h11H,2-10H2,1H3. The van der Waals surface area contributed by atoms with Gasteiger partial charge in [0, 0.05) is 6.08 Å². The molecule has 0 N–H and O–H groups in total. The normalized spacial score (nSPS) is 14.4. The molecular weight excluding hydrogens is 440 g/mol. The Morgan fingerprint density at radius 3 is 1.65 bits per heavy atom. The van der Waals surface area contributed by atoms with Crippen LogP contribution < -0.4 is 0 Å². The van der Waals surface area contributed by atoms with E-state index in [9.17, 15) is 30.7 Å². The second-order valence-electron chi connectivity index (χ2n) is 5.51. The van der Waals surface area contributed by atoms with E-state index < -0.39 is 18.0 Å². The molecule has 0 unspecified atom stereocenters. The minimum absolute atomic E-state index is 0.0824. The Bertz CT molecular complexity index is 361. The van der Waals surface area contributed by atoms with E-state index in [4.69, 9.17) is 0 Å². The highest BCUT2D eigenvalue weighted by Crippen LogP contribution is 2.48. The smallest absolute Gasteiger partial charge is 0.195 e. The van der Waals surface area contributed by atoms with Crippen LogP contribution in [0.25, 0.3) is 0 Å². The van der Waals surface area contributed by atoms with Gasteiger partial charge in [0.05, 0.1) is 0 Å². The maximum absolute atomic E-state index is 13.1. The van der Waals surface area contributed by atoms with Crippen molar-refractivity contribution in [3.63, 3.8) is 0 Å². The molecule has 0 aromatic rings. The molecule has 8 heteroatoms. The Morgan fingerprint density at radius 1 is 0.783 bits per heavy atom. The molecule has 0 amide bonds. The molecule has 0 nitrogen and oxygen atoms in total. The van der Waals surface area contributed by atoms with Gasteiger partial charge in [-0.05, 0) is 39.0 Å². The zero-order valence-corrected chi connectivity index (χ0v) is 15.1. The first-order chi connectivity index (χ1) is 10.5. The van der Waals surface area contributed by atoms with Crippen LogP contribution in [0, 0.1) is 0 Å². The predicted molar refractivity (Wildman–Crippen MR) is 85.3 cm³/mol. The van der Waals surface area contributed by atoms with Gasteiger partial charge in [-0.1, -0.05) is 51.9 Å². The van der Waals surface area contributed by atoms with E-state index in [1.54, 1.807) is 0 Å². The third-order valence-electron chi connectivity index (χ3n) is 3.38. The van der Waals surface area contributed by atoms with Crippen LogP contribution in [0.1, 0.15) is 64.7 Å². The molecule has 0 atom stereocenters. The highest BCUT2D eigenvalue weighted by atomic mass is 127. The lowest BCUT2D eigenvalue weighted by Gasteiger charge is -2.26. The van der Waals surface area contributed by atoms with Crippen molar-refractivity contribution in [2.75, 3.05) is 0 Å². The summed E-state index contributed by atoms with van der Waals surface area (Å²) >= 11 is 1.39. The average molecular weight is 462 g/mol. The van der Waals surface area contributed by atoms with Gasteiger partial charge in [-0.15, -0.1) is 0 Å². The van der Waals surface area contributed by atoms with Gasteiger partial charge in [-0.25, -0.2) is 0 Å². The summed E-state index contributed by atoms with van der Waals surface area (Å²) in [6.45, 7) is 2.10. The second kappa shape index (κ2) is 10.1. The van der Waals surface area contributed by atoms with Crippen LogP contribution in [0.15, 0.2) is 9.66 Å². The Labute approximate surface area is 146 Å². The molecule has 0 spiro atoms. The van der Waals surface area contributed by atoms with E-state index in [1.807, 2.05) is 0 Å². The summed E-state index contributed by atoms with van der Waals surface area (Å²) in [5.41, 5.74) is 0. The lowest BCUT2D eigenvalue weighted by Crippen LogP contribution is -2.50. The molecule has 0 saturated carbocycles. The summed E-state index contributed by atoms with van der Waals surface area (Å²) in [6.07, 6.45) is 1.26. The first kappa shape index (κ1) is 23.0.